The Balaban J connectivity index is 2.51. The van der Waals surface area contributed by atoms with Gasteiger partial charge in [-0.25, -0.2) is 0 Å². The number of ether oxygens (including phenoxy) is 2. The molecule has 0 aliphatic carbocycles. The van der Waals surface area contributed by atoms with Gasteiger partial charge in [0.1, 0.15) is 5.54 Å². The SMILES string of the molecule is COc1cc2c(cc1OC)N(CCCO)C(=O)C(C)(C)N2. The Hall–Kier alpha value is -1.95. The van der Waals surface area contributed by atoms with Crippen molar-refractivity contribution in [1.29, 1.82) is 0 Å². The lowest BCUT2D eigenvalue weighted by molar-refractivity contribution is -0.122. The quantitative estimate of drug-likeness (QED) is 0.863. The molecule has 1 aromatic carbocycles. The Kier molecular flexibility index (Phi) is 4.27. The molecular weight excluding hydrogens is 272 g/mol. The number of benzene rings is 1. The van der Waals surface area contributed by atoms with Crippen molar-refractivity contribution < 1.29 is 19.4 Å². The minimum atomic E-state index is -0.706. The molecule has 0 aromatic heterocycles. The third-order valence-corrected chi connectivity index (χ3v) is 3.56. The number of aliphatic hydroxyl groups is 1. The normalized spacial score (nSPS) is 16.2. The van der Waals surface area contributed by atoms with Crippen LogP contribution in [0.15, 0.2) is 12.1 Å². The summed E-state index contributed by atoms with van der Waals surface area (Å²) in [6.07, 6.45) is 0.523. The molecule has 6 nitrogen and oxygen atoms in total. The molecule has 0 atom stereocenters. The van der Waals surface area contributed by atoms with E-state index in [0.29, 0.717) is 24.5 Å². The van der Waals surface area contributed by atoms with E-state index in [4.69, 9.17) is 14.6 Å². The zero-order chi connectivity index (χ0) is 15.6. The summed E-state index contributed by atoms with van der Waals surface area (Å²) in [5.41, 5.74) is 0.850. The number of carbonyl (C=O) groups excluding carboxylic acids is 1. The molecule has 0 saturated carbocycles. The molecule has 0 radical (unpaired) electrons. The molecule has 2 N–H and O–H groups in total. The van der Waals surface area contributed by atoms with Crippen LogP contribution in [0, 0.1) is 0 Å². The predicted octanol–water partition coefficient (Wildman–Crippen LogP) is 1.62. The minimum Gasteiger partial charge on any atom is -0.493 e. The van der Waals surface area contributed by atoms with Crippen LogP contribution in [0.25, 0.3) is 0 Å². The summed E-state index contributed by atoms with van der Waals surface area (Å²) in [4.78, 5) is 14.3. The first-order valence-electron chi connectivity index (χ1n) is 6.91. The van der Waals surface area contributed by atoms with Crippen molar-refractivity contribution >= 4 is 17.3 Å². The number of methoxy groups -OCH3 is 2. The first-order chi connectivity index (χ1) is 9.94. The molecule has 1 aliphatic heterocycles. The highest BCUT2D eigenvalue weighted by Crippen LogP contribution is 2.42. The number of nitrogens with zero attached hydrogens (tertiary/aromatic N) is 1. The van der Waals surface area contributed by atoms with Crippen molar-refractivity contribution in [2.24, 2.45) is 0 Å². The van der Waals surface area contributed by atoms with Gasteiger partial charge in [-0.3, -0.25) is 4.79 Å². The lowest BCUT2D eigenvalue weighted by atomic mass is 9.97. The van der Waals surface area contributed by atoms with Crippen molar-refractivity contribution in [3.63, 3.8) is 0 Å². The van der Waals surface area contributed by atoms with Crippen LogP contribution in [0.2, 0.25) is 0 Å². The molecule has 2 rings (SSSR count). The van der Waals surface area contributed by atoms with Crippen molar-refractivity contribution in [3.8, 4) is 11.5 Å². The number of hydrogen-bond acceptors (Lipinski definition) is 5. The van der Waals surface area contributed by atoms with Crippen molar-refractivity contribution in [1.82, 2.24) is 0 Å². The highest BCUT2D eigenvalue weighted by atomic mass is 16.5. The number of amides is 1. The van der Waals surface area contributed by atoms with E-state index in [9.17, 15) is 4.79 Å². The van der Waals surface area contributed by atoms with Gasteiger partial charge in [0, 0.05) is 25.3 Å². The van der Waals surface area contributed by atoms with Gasteiger partial charge in [-0.1, -0.05) is 0 Å². The molecule has 0 fully saturated rings. The minimum absolute atomic E-state index is 0.0318. The van der Waals surface area contributed by atoms with Gasteiger partial charge in [0.2, 0.25) is 0 Å². The fourth-order valence-corrected chi connectivity index (χ4v) is 2.48. The van der Waals surface area contributed by atoms with Crippen LogP contribution in [-0.4, -0.2) is 43.9 Å². The molecule has 1 aliphatic rings. The lowest BCUT2D eigenvalue weighted by Crippen LogP contribution is -2.54. The van der Waals surface area contributed by atoms with Gasteiger partial charge in [0.05, 0.1) is 25.6 Å². The first-order valence-corrected chi connectivity index (χ1v) is 6.91. The van der Waals surface area contributed by atoms with Crippen molar-refractivity contribution in [2.45, 2.75) is 25.8 Å². The van der Waals surface area contributed by atoms with E-state index in [1.54, 1.807) is 25.2 Å². The van der Waals surface area contributed by atoms with E-state index in [1.165, 1.54) is 0 Å². The van der Waals surface area contributed by atoms with Crippen LogP contribution in [-0.2, 0) is 4.79 Å². The van der Waals surface area contributed by atoms with Gasteiger partial charge >= 0.3 is 0 Å². The second kappa shape index (κ2) is 5.81. The standard InChI is InChI=1S/C15H22N2O4/c1-15(2)14(19)17(6-5-7-18)11-9-13(21-4)12(20-3)8-10(11)16-15/h8-9,16,18H,5-7H2,1-4H3. The Bertz CT molecular complexity index is 543. The summed E-state index contributed by atoms with van der Waals surface area (Å²) < 4.78 is 10.6. The highest BCUT2D eigenvalue weighted by Gasteiger charge is 2.39. The van der Waals surface area contributed by atoms with E-state index in [2.05, 4.69) is 5.32 Å². The van der Waals surface area contributed by atoms with E-state index >= 15 is 0 Å². The van der Waals surface area contributed by atoms with Gasteiger partial charge in [0.25, 0.3) is 5.91 Å². The number of fused-ring (bicyclic) bond motifs is 1. The molecule has 0 bridgehead atoms. The largest absolute Gasteiger partial charge is 0.493 e. The van der Waals surface area contributed by atoms with Gasteiger partial charge < -0.3 is 24.8 Å². The monoisotopic (exact) mass is 294 g/mol. The number of nitrogens with one attached hydrogen (secondary N) is 1. The molecule has 6 heteroatoms. The second-order valence-electron chi connectivity index (χ2n) is 5.51. The van der Waals surface area contributed by atoms with Crippen LogP contribution in [0.5, 0.6) is 11.5 Å². The molecule has 1 amide bonds. The van der Waals surface area contributed by atoms with Gasteiger partial charge in [-0.15, -0.1) is 0 Å². The molecule has 21 heavy (non-hydrogen) atoms. The number of carbonyl (C=O) groups is 1. The highest BCUT2D eigenvalue weighted by molar-refractivity contribution is 6.07. The van der Waals surface area contributed by atoms with Crippen molar-refractivity contribution in [2.75, 3.05) is 37.6 Å². The Labute approximate surface area is 124 Å². The van der Waals surface area contributed by atoms with E-state index in [1.807, 2.05) is 19.9 Å². The molecule has 0 unspecified atom stereocenters. The van der Waals surface area contributed by atoms with Crippen LogP contribution < -0.4 is 19.7 Å². The maximum absolute atomic E-state index is 12.6. The molecule has 0 saturated heterocycles. The summed E-state index contributed by atoms with van der Waals surface area (Å²) in [6, 6.07) is 3.61. The summed E-state index contributed by atoms with van der Waals surface area (Å²) >= 11 is 0. The zero-order valence-corrected chi connectivity index (χ0v) is 12.9. The molecule has 1 heterocycles. The molecular formula is C15H22N2O4. The number of hydrogen-bond donors (Lipinski definition) is 2. The number of anilines is 2. The maximum atomic E-state index is 12.6. The average molecular weight is 294 g/mol. The fourth-order valence-electron chi connectivity index (χ4n) is 2.48. The summed E-state index contributed by atoms with van der Waals surface area (Å²) in [7, 11) is 3.14. The summed E-state index contributed by atoms with van der Waals surface area (Å²) in [5, 5.41) is 12.3. The molecule has 1 aromatic rings. The number of rotatable bonds is 5. The summed E-state index contributed by atoms with van der Waals surface area (Å²) in [6.45, 7) is 4.17. The fraction of sp³-hybridized carbons (Fsp3) is 0.533. The summed E-state index contributed by atoms with van der Waals surface area (Å²) in [5.74, 6) is 1.14. The van der Waals surface area contributed by atoms with Crippen molar-refractivity contribution in [3.05, 3.63) is 12.1 Å². The lowest BCUT2D eigenvalue weighted by Gasteiger charge is -2.40. The van der Waals surface area contributed by atoms with Crippen LogP contribution in [0.1, 0.15) is 20.3 Å². The van der Waals surface area contributed by atoms with Crippen LogP contribution in [0.4, 0.5) is 11.4 Å². The van der Waals surface area contributed by atoms with Crippen LogP contribution >= 0.6 is 0 Å². The van der Waals surface area contributed by atoms with E-state index in [0.717, 1.165) is 11.4 Å². The smallest absolute Gasteiger partial charge is 0.252 e. The van der Waals surface area contributed by atoms with Crippen LogP contribution in [0.3, 0.4) is 0 Å². The van der Waals surface area contributed by atoms with E-state index < -0.39 is 5.54 Å². The van der Waals surface area contributed by atoms with Gasteiger partial charge in [-0.05, 0) is 20.3 Å². The van der Waals surface area contributed by atoms with Gasteiger partial charge in [0.15, 0.2) is 11.5 Å². The second-order valence-corrected chi connectivity index (χ2v) is 5.51. The molecule has 0 spiro atoms. The average Bonchev–Trinajstić information content (AvgIpc) is 2.46. The third kappa shape index (κ3) is 2.76. The Morgan fingerprint density at radius 1 is 1.24 bits per heavy atom. The Morgan fingerprint density at radius 2 is 1.86 bits per heavy atom. The maximum Gasteiger partial charge on any atom is 0.252 e. The molecule has 116 valence electrons. The third-order valence-electron chi connectivity index (χ3n) is 3.56. The Morgan fingerprint density at radius 3 is 2.43 bits per heavy atom. The topological polar surface area (TPSA) is 71.0 Å². The van der Waals surface area contributed by atoms with Gasteiger partial charge in [-0.2, -0.15) is 0 Å². The zero-order valence-electron chi connectivity index (χ0n) is 12.9. The predicted molar refractivity (Wildman–Crippen MR) is 81.3 cm³/mol. The number of aliphatic hydroxyl groups excluding tert-OH is 1. The van der Waals surface area contributed by atoms with E-state index in [-0.39, 0.29) is 12.5 Å². The first kappa shape index (κ1) is 15.4.